The van der Waals surface area contributed by atoms with Gasteiger partial charge in [-0.2, -0.15) is 12.6 Å². The molecule has 150 valence electrons. The number of nitrogens with one attached hydrogen (secondary N) is 1. The lowest BCUT2D eigenvalue weighted by Crippen LogP contribution is -2.42. The maximum Gasteiger partial charge on any atom is 0.0871 e. The first-order valence-electron chi connectivity index (χ1n) is 9.83. The first-order valence-corrected chi connectivity index (χ1v) is 10.5. The van der Waals surface area contributed by atoms with Gasteiger partial charge in [-0.05, 0) is 49.6 Å². The Balaban J connectivity index is 2.53. The van der Waals surface area contributed by atoms with E-state index in [1.54, 1.807) is 0 Å². The van der Waals surface area contributed by atoms with E-state index in [2.05, 4.69) is 106 Å². The fraction of sp³-hybridized carbons (Fsp3) is 0.478. The highest BCUT2D eigenvalue weighted by atomic mass is 32.1. The smallest absolute Gasteiger partial charge is 0.0871 e. The van der Waals surface area contributed by atoms with Crippen LogP contribution in [-0.4, -0.2) is 58.1 Å². The molecule has 0 bridgehead atoms. The highest BCUT2D eigenvalue weighted by Crippen LogP contribution is 2.13. The fourth-order valence-electron chi connectivity index (χ4n) is 2.72. The van der Waals surface area contributed by atoms with Crippen molar-refractivity contribution in [3.05, 3.63) is 59.8 Å². The second-order valence-corrected chi connectivity index (χ2v) is 8.15. The van der Waals surface area contributed by atoms with Crippen molar-refractivity contribution < 1.29 is 4.48 Å². The number of nitrogens with zero attached hydrogens (tertiary/aromatic N) is 2. The molecule has 0 heterocycles. The molecule has 0 aromatic heterocycles. The number of rotatable bonds is 12. The van der Waals surface area contributed by atoms with Crippen LogP contribution in [0.15, 0.2) is 54.3 Å². The zero-order chi connectivity index (χ0) is 20.1. The molecule has 3 nitrogen and oxygen atoms in total. The van der Waals surface area contributed by atoms with Crippen molar-refractivity contribution >= 4 is 24.4 Å². The lowest BCUT2D eigenvalue weighted by atomic mass is 10.1. The predicted octanol–water partition coefficient (Wildman–Crippen LogP) is 4.60. The van der Waals surface area contributed by atoms with Crippen LogP contribution in [-0.2, 0) is 0 Å². The van der Waals surface area contributed by atoms with Crippen molar-refractivity contribution in [2.24, 2.45) is 0 Å². The van der Waals surface area contributed by atoms with E-state index < -0.39 is 0 Å². The Labute approximate surface area is 172 Å². The average Bonchev–Trinajstić information content (AvgIpc) is 2.63. The van der Waals surface area contributed by atoms with E-state index in [9.17, 15) is 0 Å². The number of allylic oxidation sites excluding steroid dienone is 4. The highest BCUT2D eigenvalue weighted by molar-refractivity contribution is 7.80. The van der Waals surface area contributed by atoms with Crippen LogP contribution in [0.5, 0.6) is 0 Å². The van der Waals surface area contributed by atoms with E-state index >= 15 is 0 Å². The van der Waals surface area contributed by atoms with Gasteiger partial charge in [-0.3, -0.25) is 0 Å². The molecule has 0 fully saturated rings. The van der Waals surface area contributed by atoms with Crippen LogP contribution in [0, 0.1) is 0 Å². The molecule has 0 spiro atoms. The molecule has 0 aliphatic rings. The molecule has 27 heavy (non-hydrogen) atoms. The van der Waals surface area contributed by atoms with E-state index in [0.717, 1.165) is 29.0 Å². The van der Waals surface area contributed by atoms with E-state index in [1.165, 1.54) is 30.6 Å². The van der Waals surface area contributed by atoms with Gasteiger partial charge < -0.3 is 14.7 Å². The van der Waals surface area contributed by atoms with E-state index in [-0.39, 0.29) is 0 Å². The molecule has 0 saturated carbocycles. The quantitative estimate of drug-likeness (QED) is 0.235. The molecule has 4 heteroatoms. The first kappa shape index (κ1) is 23.4. The van der Waals surface area contributed by atoms with Crippen molar-refractivity contribution in [3.63, 3.8) is 0 Å². The molecule has 0 aliphatic carbocycles. The summed E-state index contributed by atoms with van der Waals surface area (Å²) in [4.78, 5) is 2.11. The van der Waals surface area contributed by atoms with Gasteiger partial charge in [0.2, 0.25) is 0 Å². The second-order valence-electron chi connectivity index (χ2n) is 7.71. The number of benzene rings is 1. The van der Waals surface area contributed by atoms with Crippen LogP contribution in [0.25, 0.3) is 6.08 Å². The van der Waals surface area contributed by atoms with Crippen LogP contribution in [0.3, 0.4) is 0 Å². The number of quaternary nitrogens is 1. The molecular formula is C23H38N3S+. The van der Waals surface area contributed by atoms with Gasteiger partial charge in [0, 0.05) is 37.8 Å². The summed E-state index contributed by atoms with van der Waals surface area (Å²) in [5.74, 6) is 0.946. The van der Waals surface area contributed by atoms with E-state index in [4.69, 9.17) is 0 Å². The van der Waals surface area contributed by atoms with Crippen molar-refractivity contribution in [1.29, 1.82) is 0 Å². The van der Waals surface area contributed by atoms with E-state index in [0.29, 0.717) is 0 Å². The van der Waals surface area contributed by atoms with Gasteiger partial charge in [0.1, 0.15) is 0 Å². The van der Waals surface area contributed by atoms with Gasteiger partial charge in [-0.15, -0.1) is 0 Å². The molecule has 0 unspecified atom stereocenters. The van der Waals surface area contributed by atoms with Gasteiger partial charge >= 0.3 is 0 Å². The highest BCUT2D eigenvalue weighted by Gasteiger charge is 2.12. The number of anilines is 1. The van der Waals surface area contributed by atoms with Crippen molar-refractivity contribution in [2.45, 2.75) is 19.8 Å². The Morgan fingerprint density at radius 2 is 1.81 bits per heavy atom. The summed E-state index contributed by atoms with van der Waals surface area (Å²) in [5, 5.41) is 3.57. The van der Waals surface area contributed by atoms with Gasteiger partial charge in [0.25, 0.3) is 0 Å². The molecule has 1 aromatic carbocycles. The monoisotopic (exact) mass is 388 g/mol. The van der Waals surface area contributed by atoms with Gasteiger partial charge in [-0.25, -0.2) is 0 Å². The minimum absolute atomic E-state index is 0.946. The third-order valence-electron chi connectivity index (χ3n) is 4.56. The number of unbranched alkanes of at least 4 members (excludes halogenated alkanes) is 1. The van der Waals surface area contributed by atoms with Crippen LogP contribution in [0.2, 0.25) is 0 Å². The third-order valence-corrected chi connectivity index (χ3v) is 4.76. The molecule has 0 atom stereocenters. The molecule has 0 amide bonds. The van der Waals surface area contributed by atoms with E-state index in [1.807, 2.05) is 6.92 Å². The average molecular weight is 389 g/mol. The van der Waals surface area contributed by atoms with Crippen molar-refractivity contribution in [1.82, 2.24) is 5.32 Å². The zero-order valence-corrected chi connectivity index (χ0v) is 18.7. The van der Waals surface area contributed by atoms with Crippen LogP contribution >= 0.6 is 12.6 Å². The lowest BCUT2D eigenvalue weighted by molar-refractivity contribution is -0.888. The summed E-state index contributed by atoms with van der Waals surface area (Å²) >= 11 is 4.35. The maximum atomic E-state index is 4.35. The Morgan fingerprint density at radius 3 is 2.41 bits per heavy atom. The summed E-state index contributed by atoms with van der Waals surface area (Å²) in [6, 6.07) is 8.60. The molecular weight excluding hydrogens is 350 g/mol. The molecule has 0 aliphatic heterocycles. The number of hydrogen-bond donors (Lipinski definition) is 2. The molecule has 0 saturated heterocycles. The third kappa shape index (κ3) is 10.3. The van der Waals surface area contributed by atoms with Gasteiger partial charge in [0.05, 0.1) is 27.2 Å². The van der Waals surface area contributed by atoms with Gasteiger partial charge in [0.15, 0.2) is 0 Å². The first-order chi connectivity index (χ1) is 12.9. The largest absolute Gasteiger partial charge is 0.385 e. The maximum absolute atomic E-state index is 4.35. The molecule has 0 radical (unpaired) electrons. The summed E-state index contributed by atoms with van der Waals surface area (Å²) in [6.07, 6.45) is 13.0. The summed E-state index contributed by atoms with van der Waals surface area (Å²) in [7, 11) is 8.69. The zero-order valence-electron chi connectivity index (χ0n) is 17.8. The SMILES string of the molecule is C\C=C/C=C(/C=C/c1ccc(N(C)C)cc1)NCCCC[N+](C)(C)CCS. The lowest BCUT2D eigenvalue weighted by Gasteiger charge is -2.29. The Bertz CT molecular complexity index is 613. The molecule has 1 rings (SSSR count). The normalized spacial score (nSPS) is 12.9. The number of thiol groups is 1. The van der Waals surface area contributed by atoms with Crippen molar-refractivity contribution in [3.8, 4) is 0 Å². The minimum atomic E-state index is 0.946. The summed E-state index contributed by atoms with van der Waals surface area (Å²) < 4.78 is 1.05. The Hall–Kier alpha value is -1.65. The van der Waals surface area contributed by atoms with Gasteiger partial charge in [-0.1, -0.05) is 30.4 Å². The van der Waals surface area contributed by atoms with Crippen LogP contribution in [0.1, 0.15) is 25.3 Å². The number of hydrogen-bond acceptors (Lipinski definition) is 3. The second kappa shape index (κ2) is 12.7. The minimum Gasteiger partial charge on any atom is -0.385 e. The van der Waals surface area contributed by atoms with Crippen LogP contribution in [0.4, 0.5) is 5.69 Å². The van der Waals surface area contributed by atoms with Crippen LogP contribution < -0.4 is 10.2 Å². The predicted molar refractivity (Wildman–Crippen MR) is 126 cm³/mol. The Morgan fingerprint density at radius 1 is 1.11 bits per heavy atom. The fourth-order valence-corrected chi connectivity index (χ4v) is 3.26. The summed E-state index contributed by atoms with van der Waals surface area (Å²) in [5.41, 5.74) is 3.57. The Kier molecular flexibility index (Phi) is 11.0. The van der Waals surface area contributed by atoms with Crippen molar-refractivity contribution in [2.75, 3.05) is 58.5 Å². The molecule has 1 N–H and O–H groups in total. The summed E-state index contributed by atoms with van der Waals surface area (Å²) in [6.45, 7) is 5.36. The topological polar surface area (TPSA) is 15.3 Å². The molecule has 1 aromatic rings. The standard InChI is InChI=1S/C23H37N3S/c1-6-7-10-22(24-17-8-9-18-26(4,5)19-20-27)14-11-21-12-15-23(16-13-21)25(2)3/h6-7,10-16,24H,8-9,17-20H2,1-5H3/p+1/b7-6-,14-11+,22-10-.